The molecule has 1 aromatic carbocycles. The van der Waals surface area contributed by atoms with E-state index in [1.165, 1.54) is 6.07 Å². The number of rotatable bonds is 4. The summed E-state index contributed by atoms with van der Waals surface area (Å²) in [5.41, 5.74) is 9.01. The van der Waals surface area contributed by atoms with Gasteiger partial charge in [-0.3, -0.25) is 14.5 Å². The molecule has 0 amide bonds. The van der Waals surface area contributed by atoms with Crippen molar-refractivity contribution in [1.29, 1.82) is 0 Å². The molecule has 6 heteroatoms. The van der Waals surface area contributed by atoms with Crippen LogP contribution in [0.2, 0.25) is 0 Å². The summed E-state index contributed by atoms with van der Waals surface area (Å²) in [4.78, 5) is 15.1. The van der Waals surface area contributed by atoms with Crippen molar-refractivity contribution < 1.29 is 4.92 Å². The highest BCUT2D eigenvalue weighted by atomic mass is 16.6. The molecule has 0 radical (unpaired) electrons. The average molecular weight is 282 g/mol. The zero-order chi connectivity index (χ0) is 14.8. The minimum Gasteiger partial charge on any atom is -0.330 e. The number of nitrogens with two attached hydrogens (primary N) is 1. The number of nitro groups is 1. The molecule has 2 heterocycles. The van der Waals surface area contributed by atoms with Crippen molar-refractivity contribution in [2.45, 2.75) is 6.42 Å². The van der Waals surface area contributed by atoms with E-state index in [1.54, 1.807) is 12.1 Å². The summed E-state index contributed by atoms with van der Waals surface area (Å²) in [5, 5.41) is 11.0. The number of nitrogens with zero attached hydrogens (tertiary/aromatic N) is 3. The van der Waals surface area contributed by atoms with Crippen molar-refractivity contribution in [1.82, 2.24) is 9.38 Å². The second kappa shape index (κ2) is 5.34. The van der Waals surface area contributed by atoms with Crippen LogP contribution in [0.3, 0.4) is 0 Å². The predicted octanol–water partition coefficient (Wildman–Crippen LogP) is 2.41. The number of pyridine rings is 1. The van der Waals surface area contributed by atoms with E-state index in [4.69, 9.17) is 5.73 Å². The third kappa shape index (κ3) is 2.36. The lowest BCUT2D eigenvalue weighted by Gasteiger charge is -2.05. The van der Waals surface area contributed by atoms with Crippen LogP contribution in [0, 0.1) is 10.1 Å². The number of hydrogen-bond acceptors (Lipinski definition) is 4. The molecule has 21 heavy (non-hydrogen) atoms. The Morgan fingerprint density at radius 1 is 1.24 bits per heavy atom. The van der Waals surface area contributed by atoms with Gasteiger partial charge in [-0.2, -0.15) is 0 Å². The minimum absolute atomic E-state index is 0.0667. The van der Waals surface area contributed by atoms with Crippen molar-refractivity contribution in [3.63, 3.8) is 0 Å². The van der Waals surface area contributed by atoms with E-state index in [0.29, 0.717) is 13.0 Å². The molecular formula is C15H14N4O2. The lowest BCUT2D eigenvalue weighted by molar-refractivity contribution is -0.384. The van der Waals surface area contributed by atoms with Crippen LogP contribution >= 0.6 is 0 Å². The fourth-order valence-electron chi connectivity index (χ4n) is 2.43. The summed E-state index contributed by atoms with van der Waals surface area (Å²) in [7, 11) is 0. The number of nitro benzene ring substituents is 1. The molecular weight excluding hydrogens is 268 g/mol. The maximum Gasteiger partial charge on any atom is 0.270 e. The van der Waals surface area contributed by atoms with Gasteiger partial charge in [0.15, 0.2) is 0 Å². The molecule has 3 rings (SSSR count). The van der Waals surface area contributed by atoms with Gasteiger partial charge in [-0.1, -0.05) is 18.2 Å². The van der Waals surface area contributed by atoms with Gasteiger partial charge in [-0.05, 0) is 18.7 Å². The van der Waals surface area contributed by atoms with Crippen LogP contribution in [0.1, 0.15) is 5.69 Å². The number of benzene rings is 1. The summed E-state index contributed by atoms with van der Waals surface area (Å²) in [5.74, 6) is 0. The van der Waals surface area contributed by atoms with Crippen LogP contribution in [0.4, 0.5) is 5.69 Å². The zero-order valence-corrected chi connectivity index (χ0v) is 11.3. The normalized spacial score (nSPS) is 10.9. The summed E-state index contributed by atoms with van der Waals surface area (Å²) >= 11 is 0. The molecule has 106 valence electrons. The molecule has 0 unspecified atom stereocenters. The Hall–Kier alpha value is -2.73. The monoisotopic (exact) mass is 282 g/mol. The van der Waals surface area contributed by atoms with Gasteiger partial charge < -0.3 is 5.73 Å². The summed E-state index contributed by atoms with van der Waals surface area (Å²) in [6.45, 7) is 0.478. The van der Waals surface area contributed by atoms with Crippen LogP contribution in [-0.4, -0.2) is 20.9 Å². The molecule has 0 fully saturated rings. The van der Waals surface area contributed by atoms with E-state index in [0.717, 1.165) is 22.6 Å². The minimum atomic E-state index is -0.394. The van der Waals surface area contributed by atoms with E-state index >= 15 is 0 Å². The average Bonchev–Trinajstić information content (AvgIpc) is 2.85. The van der Waals surface area contributed by atoms with Crippen LogP contribution in [0.25, 0.3) is 16.9 Å². The van der Waals surface area contributed by atoms with E-state index in [2.05, 4.69) is 4.98 Å². The molecule has 0 aliphatic heterocycles. The molecule has 0 aliphatic rings. The quantitative estimate of drug-likeness (QED) is 0.588. The number of imidazole rings is 1. The van der Waals surface area contributed by atoms with Gasteiger partial charge in [-0.15, -0.1) is 0 Å². The van der Waals surface area contributed by atoms with Gasteiger partial charge in [0, 0.05) is 30.3 Å². The topological polar surface area (TPSA) is 86.5 Å². The first-order valence-corrected chi connectivity index (χ1v) is 6.61. The second-order valence-corrected chi connectivity index (χ2v) is 4.68. The Kier molecular flexibility index (Phi) is 3.37. The smallest absolute Gasteiger partial charge is 0.270 e. The van der Waals surface area contributed by atoms with Crippen LogP contribution in [0.15, 0.2) is 48.7 Å². The van der Waals surface area contributed by atoms with Gasteiger partial charge in [0.2, 0.25) is 0 Å². The number of non-ortho nitro benzene ring substituents is 1. The van der Waals surface area contributed by atoms with Gasteiger partial charge in [-0.25, -0.2) is 4.98 Å². The van der Waals surface area contributed by atoms with E-state index in [-0.39, 0.29) is 5.69 Å². The molecule has 6 nitrogen and oxygen atoms in total. The largest absolute Gasteiger partial charge is 0.330 e. The van der Waals surface area contributed by atoms with Crippen molar-refractivity contribution >= 4 is 11.3 Å². The molecule has 0 spiro atoms. The maximum atomic E-state index is 11.0. The fraction of sp³-hybridized carbons (Fsp3) is 0.133. The number of aromatic nitrogens is 2. The first-order chi connectivity index (χ1) is 10.2. The van der Waals surface area contributed by atoms with Crippen molar-refractivity contribution in [3.8, 4) is 11.3 Å². The third-order valence-corrected chi connectivity index (χ3v) is 3.31. The highest BCUT2D eigenvalue weighted by molar-refractivity contribution is 5.69. The Balaban J connectivity index is 2.25. The fourth-order valence-corrected chi connectivity index (χ4v) is 2.43. The first-order valence-electron chi connectivity index (χ1n) is 6.61. The standard InChI is InChI=1S/C15H14N4O2/c16-8-7-13-15(18-9-2-1-6-14(18)17-13)11-4-3-5-12(10-11)19(20)21/h1-6,9-10H,7-8,16H2. The molecule has 0 bridgehead atoms. The molecule has 0 atom stereocenters. The van der Waals surface area contributed by atoms with Gasteiger partial charge in [0.1, 0.15) is 5.65 Å². The van der Waals surface area contributed by atoms with Crippen molar-refractivity contribution in [3.05, 3.63) is 64.5 Å². The second-order valence-electron chi connectivity index (χ2n) is 4.68. The molecule has 2 aromatic heterocycles. The molecule has 3 aromatic rings. The number of hydrogen-bond donors (Lipinski definition) is 1. The van der Waals surface area contributed by atoms with Crippen LogP contribution in [0.5, 0.6) is 0 Å². The first kappa shape index (κ1) is 13.3. The summed E-state index contributed by atoms with van der Waals surface area (Å²) in [6, 6.07) is 12.3. The number of fused-ring (bicyclic) bond motifs is 1. The van der Waals surface area contributed by atoms with Gasteiger partial charge in [0.25, 0.3) is 5.69 Å². The Labute approximate surface area is 121 Å². The molecule has 0 saturated carbocycles. The van der Waals surface area contributed by atoms with Crippen LogP contribution < -0.4 is 5.73 Å². The molecule has 0 aliphatic carbocycles. The van der Waals surface area contributed by atoms with E-state index in [9.17, 15) is 10.1 Å². The van der Waals surface area contributed by atoms with Gasteiger partial charge >= 0.3 is 0 Å². The molecule has 2 N–H and O–H groups in total. The van der Waals surface area contributed by atoms with Crippen molar-refractivity contribution in [2.75, 3.05) is 6.54 Å². The summed E-state index contributed by atoms with van der Waals surface area (Å²) < 4.78 is 1.93. The molecule has 0 saturated heterocycles. The highest BCUT2D eigenvalue weighted by Crippen LogP contribution is 2.28. The SMILES string of the molecule is NCCc1nc2ccccn2c1-c1cccc([N+](=O)[O-])c1. The van der Waals surface area contributed by atoms with Gasteiger partial charge in [0.05, 0.1) is 16.3 Å². The third-order valence-electron chi connectivity index (χ3n) is 3.31. The highest BCUT2D eigenvalue weighted by Gasteiger charge is 2.15. The Morgan fingerprint density at radius 3 is 2.86 bits per heavy atom. The maximum absolute atomic E-state index is 11.0. The Morgan fingerprint density at radius 2 is 2.10 bits per heavy atom. The van der Waals surface area contributed by atoms with Crippen molar-refractivity contribution in [2.24, 2.45) is 5.73 Å². The lowest BCUT2D eigenvalue weighted by atomic mass is 10.1. The van der Waals surface area contributed by atoms with E-state index < -0.39 is 4.92 Å². The Bertz CT molecular complexity index is 810. The van der Waals surface area contributed by atoms with Crippen LogP contribution in [-0.2, 0) is 6.42 Å². The van der Waals surface area contributed by atoms with E-state index in [1.807, 2.05) is 34.9 Å². The predicted molar refractivity (Wildman–Crippen MR) is 80.0 cm³/mol. The lowest BCUT2D eigenvalue weighted by Crippen LogP contribution is -2.04. The zero-order valence-electron chi connectivity index (χ0n) is 11.3. The summed E-state index contributed by atoms with van der Waals surface area (Å²) in [6.07, 6.45) is 2.52.